The summed E-state index contributed by atoms with van der Waals surface area (Å²) in [5.74, 6) is 0.161. The van der Waals surface area contributed by atoms with E-state index < -0.39 is 0 Å². The molecule has 0 unspecified atom stereocenters. The third-order valence-electron chi connectivity index (χ3n) is 3.11. The lowest BCUT2D eigenvalue weighted by Crippen LogP contribution is -2.10. The lowest BCUT2D eigenvalue weighted by Gasteiger charge is -2.01. The van der Waals surface area contributed by atoms with Crippen molar-refractivity contribution in [3.8, 4) is 0 Å². The lowest BCUT2D eigenvalue weighted by molar-refractivity contribution is 0.0600. The number of rotatable bonds is 6. The van der Waals surface area contributed by atoms with Crippen molar-refractivity contribution in [3.05, 3.63) is 59.5 Å². The van der Waals surface area contributed by atoms with Gasteiger partial charge in [-0.3, -0.25) is 10.1 Å². The zero-order valence-electron chi connectivity index (χ0n) is 13.1. The van der Waals surface area contributed by atoms with Gasteiger partial charge in [0.05, 0.1) is 18.9 Å². The van der Waals surface area contributed by atoms with E-state index in [-0.39, 0.29) is 17.6 Å². The van der Waals surface area contributed by atoms with Crippen molar-refractivity contribution in [1.82, 2.24) is 10.2 Å². The van der Waals surface area contributed by atoms with E-state index in [1.54, 1.807) is 24.3 Å². The minimum Gasteiger partial charge on any atom is -0.465 e. The maximum absolute atomic E-state index is 11.9. The topological polar surface area (TPSA) is 94.3 Å². The van der Waals surface area contributed by atoms with Gasteiger partial charge in [0.2, 0.25) is 5.13 Å². The number of anilines is 1. The maximum atomic E-state index is 11.9. The molecule has 128 valence electrons. The molecule has 3 aromatic rings. The molecule has 0 saturated heterocycles. The highest BCUT2D eigenvalue weighted by Crippen LogP contribution is 2.28. The number of esters is 1. The fourth-order valence-corrected chi connectivity index (χ4v) is 3.59. The number of hydrogen-bond donors (Lipinski definition) is 1. The molecule has 0 spiro atoms. The summed E-state index contributed by atoms with van der Waals surface area (Å²) >= 11 is 2.78. The SMILES string of the molecule is COC(=O)c1ccc(CSc2nnc(NC(=O)c3ccco3)s2)cc1. The van der Waals surface area contributed by atoms with Crippen molar-refractivity contribution >= 4 is 40.1 Å². The Kier molecular flexibility index (Phi) is 5.46. The Hall–Kier alpha value is -2.65. The summed E-state index contributed by atoms with van der Waals surface area (Å²) < 4.78 is 10.4. The van der Waals surface area contributed by atoms with Gasteiger partial charge in [0, 0.05) is 5.75 Å². The van der Waals surface area contributed by atoms with E-state index in [0.29, 0.717) is 16.4 Å². The maximum Gasteiger partial charge on any atom is 0.337 e. The lowest BCUT2D eigenvalue weighted by atomic mass is 10.1. The number of methoxy groups -OCH3 is 1. The Bertz CT molecular complexity index is 860. The van der Waals surface area contributed by atoms with Gasteiger partial charge in [0.1, 0.15) is 0 Å². The highest BCUT2D eigenvalue weighted by molar-refractivity contribution is 8.00. The fraction of sp³-hybridized carbons (Fsp3) is 0.125. The van der Waals surface area contributed by atoms with Gasteiger partial charge < -0.3 is 9.15 Å². The van der Waals surface area contributed by atoms with Crippen LogP contribution in [0.3, 0.4) is 0 Å². The monoisotopic (exact) mass is 375 g/mol. The molecule has 0 atom stereocenters. The van der Waals surface area contributed by atoms with E-state index in [9.17, 15) is 9.59 Å². The van der Waals surface area contributed by atoms with E-state index in [2.05, 4.69) is 20.3 Å². The number of thioether (sulfide) groups is 1. The molecule has 9 heteroatoms. The molecule has 2 heterocycles. The van der Waals surface area contributed by atoms with Crippen molar-refractivity contribution in [1.29, 1.82) is 0 Å². The summed E-state index contributed by atoms with van der Waals surface area (Å²) in [5.41, 5.74) is 1.55. The van der Waals surface area contributed by atoms with Gasteiger partial charge in [-0.15, -0.1) is 10.2 Å². The zero-order valence-corrected chi connectivity index (χ0v) is 14.7. The van der Waals surface area contributed by atoms with E-state index >= 15 is 0 Å². The van der Waals surface area contributed by atoms with Gasteiger partial charge in [-0.05, 0) is 29.8 Å². The normalized spacial score (nSPS) is 10.4. The van der Waals surface area contributed by atoms with Gasteiger partial charge in [0.25, 0.3) is 5.91 Å². The summed E-state index contributed by atoms with van der Waals surface area (Å²) in [6.07, 6.45) is 1.43. The number of carbonyl (C=O) groups excluding carboxylic acids is 2. The molecule has 0 bridgehead atoms. The molecule has 2 aromatic heterocycles. The minimum absolute atomic E-state index is 0.218. The number of hydrogen-bond acceptors (Lipinski definition) is 8. The van der Waals surface area contributed by atoms with Crippen LogP contribution in [0.5, 0.6) is 0 Å². The second-order valence-corrected chi connectivity index (χ2v) is 6.98. The molecule has 0 radical (unpaired) electrons. The van der Waals surface area contributed by atoms with Crippen LogP contribution in [0.2, 0.25) is 0 Å². The molecule has 0 fully saturated rings. The molecular formula is C16H13N3O4S2. The van der Waals surface area contributed by atoms with Crippen LogP contribution in [0.25, 0.3) is 0 Å². The predicted octanol–water partition coefficient (Wildman–Crippen LogP) is 3.46. The molecule has 0 saturated carbocycles. The highest BCUT2D eigenvalue weighted by atomic mass is 32.2. The van der Waals surface area contributed by atoms with Crippen molar-refractivity contribution in [2.24, 2.45) is 0 Å². The van der Waals surface area contributed by atoms with Crippen molar-refractivity contribution in [2.75, 3.05) is 12.4 Å². The van der Waals surface area contributed by atoms with Crippen LogP contribution in [0.4, 0.5) is 5.13 Å². The number of amides is 1. The average molecular weight is 375 g/mol. The summed E-state index contributed by atoms with van der Waals surface area (Å²) in [6, 6.07) is 10.4. The van der Waals surface area contributed by atoms with E-state index in [1.807, 2.05) is 12.1 Å². The average Bonchev–Trinajstić information content (AvgIpc) is 3.31. The number of benzene rings is 1. The van der Waals surface area contributed by atoms with Crippen LogP contribution in [-0.2, 0) is 10.5 Å². The molecule has 1 aromatic carbocycles. The Morgan fingerprint density at radius 3 is 2.72 bits per heavy atom. The summed E-state index contributed by atoms with van der Waals surface area (Å²) in [5, 5.41) is 11.0. The van der Waals surface area contributed by atoms with Gasteiger partial charge in [0.15, 0.2) is 10.1 Å². The van der Waals surface area contributed by atoms with Crippen molar-refractivity contribution in [2.45, 2.75) is 10.1 Å². The molecule has 0 aliphatic carbocycles. The number of nitrogens with zero attached hydrogens (tertiary/aromatic N) is 2. The fourth-order valence-electron chi connectivity index (χ4n) is 1.89. The van der Waals surface area contributed by atoms with Crippen molar-refractivity contribution in [3.63, 3.8) is 0 Å². The molecule has 0 aliphatic rings. The molecule has 1 N–H and O–H groups in total. The third-order valence-corrected chi connectivity index (χ3v) is 5.15. The highest BCUT2D eigenvalue weighted by Gasteiger charge is 2.12. The Morgan fingerprint density at radius 1 is 1.24 bits per heavy atom. The van der Waals surface area contributed by atoms with E-state index in [1.165, 1.54) is 36.5 Å². The molecule has 1 amide bonds. The number of nitrogens with one attached hydrogen (secondary N) is 1. The standard InChI is InChI=1S/C16H13N3O4S2/c1-22-14(21)11-6-4-10(5-7-11)9-24-16-19-18-15(25-16)17-13(20)12-3-2-8-23-12/h2-8H,9H2,1H3,(H,17,18,20). The number of carbonyl (C=O) groups is 2. The van der Waals surface area contributed by atoms with Gasteiger partial charge in [-0.2, -0.15) is 0 Å². The molecular weight excluding hydrogens is 362 g/mol. The molecule has 7 nitrogen and oxygen atoms in total. The van der Waals surface area contributed by atoms with Crippen LogP contribution in [0.1, 0.15) is 26.5 Å². The summed E-state index contributed by atoms with van der Waals surface area (Å²) in [6.45, 7) is 0. The quantitative estimate of drug-likeness (QED) is 0.400. The van der Waals surface area contributed by atoms with Crippen LogP contribution in [0.15, 0.2) is 51.4 Å². The second-order valence-electron chi connectivity index (χ2n) is 4.78. The van der Waals surface area contributed by atoms with Crippen LogP contribution >= 0.6 is 23.1 Å². The first-order valence-electron chi connectivity index (χ1n) is 7.14. The van der Waals surface area contributed by atoms with Crippen LogP contribution in [0, 0.1) is 0 Å². The summed E-state index contributed by atoms with van der Waals surface area (Å²) in [4.78, 5) is 23.3. The van der Waals surface area contributed by atoms with E-state index in [4.69, 9.17) is 4.42 Å². The third kappa shape index (κ3) is 4.46. The Balaban J connectivity index is 1.55. The van der Waals surface area contributed by atoms with Crippen LogP contribution in [-0.4, -0.2) is 29.2 Å². The Morgan fingerprint density at radius 2 is 2.04 bits per heavy atom. The van der Waals surface area contributed by atoms with Gasteiger partial charge in [-0.25, -0.2) is 4.79 Å². The number of aromatic nitrogens is 2. The minimum atomic E-state index is -0.365. The van der Waals surface area contributed by atoms with Gasteiger partial charge >= 0.3 is 5.97 Å². The smallest absolute Gasteiger partial charge is 0.337 e. The molecule has 25 heavy (non-hydrogen) atoms. The number of ether oxygens (including phenoxy) is 1. The first-order valence-corrected chi connectivity index (χ1v) is 8.94. The first kappa shape index (κ1) is 17.2. The predicted molar refractivity (Wildman–Crippen MR) is 93.9 cm³/mol. The van der Waals surface area contributed by atoms with Crippen LogP contribution < -0.4 is 5.32 Å². The zero-order chi connectivity index (χ0) is 17.6. The number of furan rings is 1. The first-order chi connectivity index (χ1) is 12.2. The largest absolute Gasteiger partial charge is 0.465 e. The Labute approximate surface area is 151 Å². The molecule has 0 aliphatic heterocycles. The van der Waals surface area contributed by atoms with Crippen molar-refractivity contribution < 1.29 is 18.7 Å². The molecule has 3 rings (SSSR count). The second kappa shape index (κ2) is 7.95. The van der Waals surface area contributed by atoms with E-state index in [0.717, 1.165) is 9.90 Å². The van der Waals surface area contributed by atoms with Gasteiger partial charge in [-0.1, -0.05) is 35.2 Å². The summed E-state index contributed by atoms with van der Waals surface area (Å²) in [7, 11) is 1.35.